The number of halogens is 1. The van der Waals surface area contributed by atoms with Crippen molar-refractivity contribution in [3.05, 3.63) is 41.9 Å². The van der Waals surface area contributed by atoms with Gasteiger partial charge in [0.05, 0.1) is 5.69 Å². The first-order valence-corrected chi connectivity index (χ1v) is 8.18. The zero-order valence-electron chi connectivity index (χ0n) is 13.8. The molecule has 1 aromatic heterocycles. The summed E-state index contributed by atoms with van der Waals surface area (Å²) in [6, 6.07) is 5.86. The van der Waals surface area contributed by atoms with Gasteiger partial charge >= 0.3 is 6.03 Å². The third-order valence-electron chi connectivity index (χ3n) is 4.20. The van der Waals surface area contributed by atoms with Crippen LogP contribution in [-0.2, 0) is 0 Å². The van der Waals surface area contributed by atoms with Crippen LogP contribution in [0.3, 0.4) is 0 Å². The molecule has 1 saturated heterocycles. The second-order valence-electron chi connectivity index (χ2n) is 6.30. The van der Waals surface area contributed by atoms with Crippen LogP contribution >= 0.6 is 0 Å². The number of para-hydroxylation sites is 1. The Hall–Kier alpha value is -2.44. The molecule has 128 valence electrons. The van der Waals surface area contributed by atoms with E-state index < -0.39 is 5.82 Å². The molecule has 0 bridgehead atoms. The fourth-order valence-electron chi connectivity index (χ4n) is 2.73. The van der Waals surface area contributed by atoms with Crippen molar-refractivity contribution in [2.24, 2.45) is 0 Å². The molecule has 1 aromatic carbocycles. The quantitative estimate of drug-likeness (QED) is 0.929. The van der Waals surface area contributed by atoms with E-state index in [4.69, 9.17) is 4.42 Å². The lowest BCUT2D eigenvalue weighted by molar-refractivity contribution is 0.189. The van der Waals surface area contributed by atoms with Crippen LogP contribution in [0.4, 0.5) is 14.9 Å². The summed E-state index contributed by atoms with van der Waals surface area (Å²) in [5, 5.41) is 10.8. The highest BCUT2D eigenvalue weighted by Crippen LogP contribution is 2.28. The second kappa shape index (κ2) is 6.98. The first-order valence-electron chi connectivity index (χ1n) is 8.18. The minimum atomic E-state index is -0.437. The van der Waals surface area contributed by atoms with Crippen LogP contribution in [0.1, 0.15) is 50.3 Å². The van der Waals surface area contributed by atoms with Gasteiger partial charge in [0.1, 0.15) is 5.82 Å². The molecule has 0 spiro atoms. The normalized spacial score (nSPS) is 15.8. The third-order valence-corrected chi connectivity index (χ3v) is 4.20. The van der Waals surface area contributed by atoms with E-state index in [2.05, 4.69) is 15.5 Å². The van der Waals surface area contributed by atoms with Crippen molar-refractivity contribution in [2.75, 3.05) is 18.4 Å². The maximum absolute atomic E-state index is 13.6. The number of likely N-dealkylation sites (tertiary alicyclic amines) is 1. The Morgan fingerprint density at radius 3 is 2.62 bits per heavy atom. The van der Waals surface area contributed by atoms with E-state index in [1.807, 2.05) is 13.8 Å². The number of anilines is 1. The van der Waals surface area contributed by atoms with Gasteiger partial charge in [-0.15, -0.1) is 10.2 Å². The molecule has 1 aliphatic rings. The van der Waals surface area contributed by atoms with Gasteiger partial charge in [-0.3, -0.25) is 0 Å². The van der Waals surface area contributed by atoms with E-state index >= 15 is 0 Å². The molecular formula is C17H21FN4O2. The molecule has 0 atom stereocenters. The minimum Gasteiger partial charge on any atom is -0.425 e. The third kappa shape index (κ3) is 3.55. The molecule has 7 heteroatoms. The average molecular weight is 332 g/mol. The monoisotopic (exact) mass is 332 g/mol. The highest BCUT2D eigenvalue weighted by Gasteiger charge is 2.27. The lowest BCUT2D eigenvalue weighted by Crippen LogP contribution is -2.40. The van der Waals surface area contributed by atoms with Gasteiger partial charge in [0.2, 0.25) is 11.8 Å². The van der Waals surface area contributed by atoms with Crippen LogP contribution in [0.15, 0.2) is 28.7 Å². The van der Waals surface area contributed by atoms with Gasteiger partial charge in [-0.05, 0) is 25.0 Å². The Morgan fingerprint density at radius 2 is 2.00 bits per heavy atom. The van der Waals surface area contributed by atoms with Crippen molar-refractivity contribution in [1.82, 2.24) is 15.1 Å². The predicted molar refractivity (Wildman–Crippen MR) is 87.4 cm³/mol. The molecule has 0 unspecified atom stereocenters. The molecule has 2 heterocycles. The number of piperidine rings is 1. The number of urea groups is 1. The number of hydrogen-bond donors (Lipinski definition) is 1. The van der Waals surface area contributed by atoms with Crippen molar-refractivity contribution in [3.8, 4) is 0 Å². The minimum absolute atomic E-state index is 0.169. The first-order chi connectivity index (χ1) is 11.5. The lowest BCUT2D eigenvalue weighted by atomic mass is 9.97. The average Bonchev–Trinajstić information content (AvgIpc) is 3.07. The molecule has 0 aliphatic carbocycles. The van der Waals surface area contributed by atoms with Gasteiger partial charge in [-0.25, -0.2) is 9.18 Å². The van der Waals surface area contributed by atoms with E-state index in [1.54, 1.807) is 23.1 Å². The topological polar surface area (TPSA) is 71.3 Å². The number of benzene rings is 1. The molecule has 24 heavy (non-hydrogen) atoms. The number of rotatable bonds is 3. The zero-order chi connectivity index (χ0) is 17.1. The van der Waals surface area contributed by atoms with Crippen molar-refractivity contribution in [1.29, 1.82) is 0 Å². The Balaban J connectivity index is 1.56. The van der Waals surface area contributed by atoms with E-state index in [-0.39, 0.29) is 23.6 Å². The largest absolute Gasteiger partial charge is 0.425 e. The van der Waals surface area contributed by atoms with Gasteiger partial charge in [-0.2, -0.15) is 0 Å². The van der Waals surface area contributed by atoms with Crippen LogP contribution in [0.25, 0.3) is 0 Å². The maximum atomic E-state index is 13.6. The molecule has 1 fully saturated rings. The molecule has 2 aromatic rings. The number of amides is 2. The number of aromatic nitrogens is 2. The summed E-state index contributed by atoms with van der Waals surface area (Å²) in [4.78, 5) is 13.9. The van der Waals surface area contributed by atoms with E-state index in [1.165, 1.54) is 6.07 Å². The zero-order valence-corrected chi connectivity index (χ0v) is 13.8. The standard InChI is InChI=1S/C17H21FN4O2/c1-11(2)15-20-21-16(24-15)12-7-9-22(10-8-12)17(23)19-14-6-4-3-5-13(14)18/h3-6,11-12H,7-10H2,1-2H3,(H,19,23). The number of nitrogens with one attached hydrogen (secondary N) is 1. The number of carbonyl (C=O) groups is 1. The fraction of sp³-hybridized carbons (Fsp3) is 0.471. The van der Waals surface area contributed by atoms with Crippen molar-refractivity contribution in [3.63, 3.8) is 0 Å². The first kappa shape index (κ1) is 16.4. The Bertz CT molecular complexity index is 708. The van der Waals surface area contributed by atoms with Crippen LogP contribution < -0.4 is 5.32 Å². The summed E-state index contributed by atoms with van der Waals surface area (Å²) in [5.74, 6) is 1.23. The lowest BCUT2D eigenvalue weighted by Gasteiger charge is -2.30. The van der Waals surface area contributed by atoms with Crippen LogP contribution in [0.2, 0.25) is 0 Å². The van der Waals surface area contributed by atoms with Crippen LogP contribution in [-0.4, -0.2) is 34.2 Å². The SMILES string of the molecule is CC(C)c1nnc(C2CCN(C(=O)Nc3ccccc3F)CC2)o1. The Labute approximate surface area is 140 Å². The van der Waals surface area contributed by atoms with Gasteiger partial charge in [-0.1, -0.05) is 26.0 Å². The van der Waals surface area contributed by atoms with Gasteiger partial charge in [0.15, 0.2) is 0 Å². The molecule has 1 aliphatic heterocycles. The molecule has 2 amide bonds. The van der Waals surface area contributed by atoms with Crippen molar-refractivity contribution in [2.45, 2.75) is 38.5 Å². The molecule has 0 radical (unpaired) electrons. The second-order valence-corrected chi connectivity index (χ2v) is 6.30. The summed E-state index contributed by atoms with van der Waals surface area (Å²) >= 11 is 0. The maximum Gasteiger partial charge on any atom is 0.321 e. The van der Waals surface area contributed by atoms with Crippen LogP contribution in [0.5, 0.6) is 0 Å². The van der Waals surface area contributed by atoms with Crippen molar-refractivity contribution >= 4 is 11.7 Å². The number of carbonyl (C=O) groups excluding carboxylic acids is 1. The summed E-state index contributed by atoms with van der Waals surface area (Å²) < 4.78 is 19.3. The fourth-order valence-corrected chi connectivity index (χ4v) is 2.73. The van der Waals surface area contributed by atoms with Crippen molar-refractivity contribution < 1.29 is 13.6 Å². The van der Waals surface area contributed by atoms with Gasteiger partial charge < -0.3 is 14.6 Å². The number of nitrogens with zero attached hydrogens (tertiary/aromatic N) is 3. The summed E-state index contributed by atoms with van der Waals surface area (Å²) in [7, 11) is 0. The Kier molecular flexibility index (Phi) is 4.78. The van der Waals surface area contributed by atoms with Crippen LogP contribution in [0, 0.1) is 5.82 Å². The van der Waals surface area contributed by atoms with Gasteiger partial charge in [0, 0.05) is 24.9 Å². The van der Waals surface area contributed by atoms with E-state index in [9.17, 15) is 9.18 Å². The Morgan fingerprint density at radius 1 is 1.29 bits per heavy atom. The number of hydrogen-bond acceptors (Lipinski definition) is 4. The highest BCUT2D eigenvalue weighted by molar-refractivity contribution is 5.89. The molecular weight excluding hydrogens is 311 g/mol. The molecule has 3 rings (SSSR count). The van der Waals surface area contributed by atoms with E-state index in [0.29, 0.717) is 24.9 Å². The highest BCUT2D eigenvalue weighted by atomic mass is 19.1. The summed E-state index contributed by atoms with van der Waals surface area (Å²) in [6.07, 6.45) is 1.51. The molecule has 1 N–H and O–H groups in total. The van der Waals surface area contributed by atoms with E-state index in [0.717, 1.165) is 12.8 Å². The molecule has 0 saturated carbocycles. The molecule has 6 nitrogen and oxygen atoms in total. The predicted octanol–water partition coefficient (Wildman–Crippen LogP) is 3.74. The smallest absolute Gasteiger partial charge is 0.321 e. The summed E-state index contributed by atoms with van der Waals surface area (Å²) in [6.45, 7) is 5.16. The summed E-state index contributed by atoms with van der Waals surface area (Å²) in [5.41, 5.74) is 0.197. The van der Waals surface area contributed by atoms with Gasteiger partial charge in [0.25, 0.3) is 0 Å².